The van der Waals surface area contributed by atoms with E-state index in [1.54, 1.807) is 24.3 Å². The Balaban J connectivity index is 1.71. The van der Waals surface area contributed by atoms with Crippen LogP contribution in [0.2, 0.25) is 0 Å². The van der Waals surface area contributed by atoms with Gasteiger partial charge in [-0.1, -0.05) is 12.1 Å². The molecule has 0 atom stereocenters. The molecular weight excluding hydrogens is 276 g/mol. The van der Waals surface area contributed by atoms with Crippen LogP contribution in [0.4, 0.5) is 0 Å². The largest absolute Gasteiger partial charge is 0.381 e. The van der Waals surface area contributed by atoms with Gasteiger partial charge < -0.3 is 10.5 Å². The molecule has 3 N–H and O–H groups in total. The summed E-state index contributed by atoms with van der Waals surface area (Å²) in [5.74, 6) is 0.743. The Bertz CT molecular complexity index is 510. The van der Waals surface area contributed by atoms with Crippen LogP contribution in [0.3, 0.4) is 0 Å². The molecule has 0 saturated heterocycles. The van der Waals surface area contributed by atoms with Crippen LogP contribution in [0.1, 0.15) is 24.8 Å². The normalized spacial score (nSPS) is 15.4. The number of benzene rings is 1. The first-order valence-electron chi connectivity index (χ1n) is 6.98. The molecule has 0 aliphatic heterocycles. The number of nitrogens with two attached hydrogens (primary N) is 1. The number of ether oxygens (including phenoxy) is 1. The van der Waals surface area contributed by atoms with E-state index in [2.05, 4.69) is 4.72 Å². The maximum Gasteiger partial charge on any atom is 0.240 e. The minimum absolute atomic E-state index is 0.272. The van der Waals surface area contributed by atoms with E-state index >= 15 is 0 Å². The van der Waals surface area contributed by atoms with E-state index in [9.17, 15) is 8.42 Å². The summed E-state index contributed by atoms with van der Waals surface area (Å²) in [6.45, 7) is 2.22. The van der Waals surface area contributed by atoms with Gasteiger partial charge in [-0.2, -0.15) is 0 Å². The van der Waals surface area contributed by atoms with Crippen molar-refractivity contribution in [2.45, 2.75) is 30.7 Å². The zero-order valence-corrected chi connectivity index (χ0v) is 12.4. The fourth-order valence-corrected chi connectivity index (χ4v) is 2.88. The Labute approximate surface area is 120 Å². The van der Waals surface area contributed by atoms with Gasteiger partial charge in [-0.3, -0.25) is 0 Å². The van der Waals surface area contributed by atoms with Crippen molar-refractivity contribution in [3.8, 4) is 0 Å². The fraction of sp³-hybridized carbons (Fsp3) is 0.571. The summed E-state index contributed by atoms with van der Waals surface area (Å²) in [4.78, 5) is 0.272. The van der Waals surface area contributed by atoms with Gasteiger partial charge >= 0.3 is 0 Å². The summed E-state index contributed by atoms with van der Waals surface area (Å²) >= 11 is 0. The number of rotatable bonds is 9. The number of nitrogens with one attached hydrogen (secondary N) is 1. The molecule has 1 aliphatic carbocycles. The quantitative estimate of drug-likeness (QED) is 0.672. The van der Waals surface area contributed by atoms with Crippen molar-refractivity contribution in [2.24, 2.45) is 11.7 Å². The van der Waals surface area contributed by atoms with Gasteiger partial charge in [-0.25, -0.2) is 13.1 Å². The van der Waals surface area contributed by atoms with Crippen molar-refractivity contribution in [3.63, 3.8) is 0 Å². The monoisotopic (exact) mass is 298 g/mol. The molecule has 1 aromatic carbocycles. The third kappa shape index (κ3) is 4.86. The summed E-state index contributed by atoms with van der Waals surface area (Å²) < 4.78 is 32.0. The molecule has 1 aromatic rings. The predicted octanol–water partition coefficient (Wildman–Crippen LogP) is 1.24. The molecule has 6 heteroatoms. The molecule has 0 radical (unpaired) electrons. The van der Waals surface area contributed by atoms with Gasteiger partial charge in [-0.15, -0.1) is 0 Å². The Morgan fingerprint density at radius 3 is 2.55 bits per heavy atom. The molecule has 2 rings (SSSR count). The molecule has 20 heavy (non-hydrogen) atoms. The molecule has 112 valence electrons. The Morgan fingerprint density at radius 2 is 1.95 bits per heavy atom. The highest BCUT2D eigenvalue weighted by atomic mass is 32.2. The zero-order chi connectivity index (χ0) is 14.4. The SMILES string of the molecule is NCc1ccc(S(=O)(=O)NCCCOCC2CC2)cc1. The Hall–Kier alpha value is -0.950. The fourth-order valence-electron chi connectivity index (χ4n) is 1.80. The summed E-state index contributed by atoms with van der Waals surface area (Å²) in [5, 5.41) is 0. The molecule has 0 bridgehead atoms. The lowest BCUT2D eigenvalue weighted by Gasteiger charge is -2.07. The van der Waals surface area contributed by atoms with E-state index in [0.717, 1.165) is 18.1 Å². The minimum atomic E-state index is -3.42. The van der Waals surface area contributed by atoms with Gasteiger partial charge in [0.15, 0.2) is 0 Å². The second-order valence-corrected chi connectivity index (χ2v) is 6.88. The average Bonchev–Trinajstić information content (AvgIpc) is 3.27. The van der Waals surface area contributed by atoms with E-state index in [1.165, 1.54) is 12.8 Å². The van der Waals surface area contributed by atoms with Crippen molar-refractivity contribution >= 4 is 10.0 Å². The molecule has 1 fully saturated rings. The van der Waals surface area contributed by atoms with Crippen LogP contribution < -0.4 is 10.5 Å². The summed E-state index contributed by atoms with van der Waals surface area (Å²) in [6, 6.07) is 6.61. The first-order chi connectivity index (χ1) is 9.62. The first kappa shape index (κ1) is 15.4. The highest BCUT2D eigenvalue weighted by molar-refractivity contribution is 7.89. The van der Waals surface area contributed by atoms with Crippen molar-refractivity contribution in [1.82, 2.24) is 4.72 Å². The highest BCUT2D eigenvalue weighted by Gasteiger charge is 2.20. The van der Waals surface area contributed by atoms with Crippen LogP contribution in [0.25, 0.3) is 0 Å². The van der Waals surface area contributed by atoms with Crippen LogP contribution >= 0.6 is 0 Å². The van der Waals surface area contributed by atoms with Crippen LogP contribution in [-0.4, -0.2) is 28.2 Å². The molecule has 1 saturated carbocycles. The average molecular weight is 298 g/mol. The van der Waals surface area contributed by atoms with Crippen LogP contribution in [0, 0.1) is 5.92 Å². The standard InChI is InChI=1S/C14H22N2O3S/c15-10-12-4-6-14(7-5-12)20(17,18)16-8-1-9-19-11-13-2-3-13/h4-7,13,16H,1-3,8-11,15H2. The summed E-state index contributed by atoms with van der Waals surface area (Å²) in [6.07, 6.45) is 3.23. The molecule has 1 aliphatic rings. The first-order valence-corrected chi connectivity index (χ1v) is 8.46. The smallest absolute Gasteiger partial charge is 0.240 e. The van der Waals surface area contributed by atoms with Gasteiger partial charge in [0, 0.05) is 26.3 Å². The van der Waals surface area contributed by atoms with Gasteiger partial charge in [0.2, 0.25) is 10.0 Å². The minimum Gasteiger partial charge on any atom is -0.381 e. The van der Waals surface area contributed by atoms with Crippen LogP contribution in [0.5, 0.6) is 0 Å². The second kappa shape index (κ2) is 7.17. The molecule has 0 aromatic heterocycles. The van der Waals surface area contributed by atoms with Gasteiger partial charge in [-0.05, 0) is 42.9 Å². The van der Waals surface area contributed by atoms with E-state index in [4.69, 9.17) is 10.5 Å². The Morgan fingerprint density at radius 1 is 1.25 bits per heavy atom. The topological polar surface area (TPSA) is 81.4 Å². The van der Waals surface area contributed by atoms with E-state index in [1.807, 2.05) is 0 Å². The van der Waals surface area contributed by atoms with Crippen molar-refractivity contribution in [2.75, 3.05) is 19.8 Å². The van der Waals surface area contributed by atoms with Crippen molar-refractivity contribution in [3.05, 3.63) is 29.8 Å². The number of hydrogen-bond donors (Lipinski definition) is 2. The van der Waals surface area contributed by atoms with Gasteiger partial charge in [0.1, 0.15) is 0 Å². The van der Waals surface area contributed by atoms with Crippen LogP contribution in [0.15, 0.2) is 29.2 Å². The summed E-state index contributed by atoms with van der Waals surface area (Å²) in [5.41, 5.74) is 6.40. The van der Waals surface area contributed by atoms with E-state index < -0.39 is 10.0 Å². The highest BCUT2D eigenvalue weighted by Crippen LogP contribution is 2.28. The molecular formula is C14H22N2O3S. The summed E-state index contributed by atoms with van der Waals surface area (Å²) in [7, 11) is -3.42. The lowest BCUT2D eigenvalue weighted by Crippen LogP contribution is -2.25. The molecule has 0 unspecified atom stereocenters. The molecule has 5 nitrogen and oxygen atoms in total. The number of hydrogen-bond acceptors (Lipinski definition) is 4. The molecule has 0 heterocycles. The number of sulfonamides is 1. The lowest BCUT2D eigenvalue weighted by atomic mass is 10.2. The van der Waals surface area contributed by atoms with Crippen molar-refractivity contribution in [1.29, 1.82) is 0 Å². The third-order valence-corrected chi connectivity index (χ3v) is 4.75. The van der Waals surface area contributed by atoms with Crippen molar-refractivity contribution < 1.29 is 13.2 Å². The van der Waals surface area contributed by atoms with Gasteiger partial charge in [0.05, 0.1) is 4.90 Å². The second-order valence-electron chi connectivity index (χ2n) is 5.12. The predicted molar refractivity (Wildman–Crippen MR) is 77.7 cm³/mol. The lowest BCUT2D eigenvalue weighted by molar-refractivity contribution is 0.123. The molecule has 0 spiro atoms. The zero-order valence-electron chi connectivity index (χ0n) is 11.5. The van der Waals surface area contributed by atoms with E-state index in [-0.39, 0.29) is 4.90 Å². The molecule has 0 amide bonds. The van der Waals surface area contributed by atoms with E-state index in [0.29, 0.717) is 26.1 Å². The third-order valence-electron chi connectivity index (χ3n) is 3.28. The maximum absolute atomic E-state index is 12.0. The Kier molecular flexibility index (Phi) is 5.54. The van der Waals surface area contributed by atoms with Crippen LogP contribution in [-0.2, 0) is 21.3 Å². The maximum atomic E-state index is 12.0. The van der Waals surface area contributed by atoms with Gasteiger partial charge in [0.25, 0.3) is 0 Å².